The molecule has 0 saturated carbocycles. The molecule has 2 rings (SSSR count). The summed E-state index contributed by atoms with van der Waals surface area (Å²) < 4.78 is 6.72. The third-order valence-electron chi connectivity index (χ3n) is 2.90. The molecule has 0 unspecified atom stereocenters. The van der Waals surface area contributed by atoms with Gasteiger partial charge >= 0.3 is 0 Å². The summed E-state index contributed by atoms with van der Waals surface area (Å²) in [4.78, 5) is 10.3. The van der Waals surface area contributed by atoms with Crippen LogP contribution >= 0.6 is 15.9 Å². The lowest BCUT2D eigenvalue weighted by molar-refractivity contribution is 0.324. The van der Waals surface area contributed by atoms with E-state index in [0.29, 0.717) is 18.8 Å². The van der Waals surface area contributed by atoms with Gasteiger partial charge in [-0.05, 0) is 31.2 Å². The third kappa shape index (κ3) is 4.43. The van der Waals surface area contributed by atoms with Crippen molar-refractivity contribution < 1.29 is 4.74 Å². The molecule has 0 aliphatic heterocycles. The van der Waals surface area contributed by atoms with Gasteiger partial charge in [0.1, 0.15) is 24.2 Å². The molecule has 0 aliphatic rings. The minimum Gasteiger partial charge on any atom is -0.492 e. The molecular formula is C15H15BrN4O. The van der Waals surface area contributed by atoms with E-state index in [1.165, 1.54) is 6.20 Å². The third-order valence-corrected chi connectivity index (χ3v) is 3.43. The van der Waals surface area contributed by atoms with Crippen molar-refractivity contribution in [2.45, 2.75) is 6.92 Å². The quantitative estimate of drug-likeness (QED) is 0.804. The van der Waals surface area contributed by atoms with Crippen LogP contribution in [0.5, 0.6) is 5.75 Å². The smallest absolute Gasteiger partial charge is 0.158 e. The predicted octanol–water partition coefficient (Wildman–Crippen LogP) is 3.02. The molecule has 108 valence electrons. The molecule has 0 saturated heterocycles. The fourth-order valence-corrected chi connectivity index (χ4v) is 2.05. The summed E-state index contributed by atoms with van der Waals surface area (Å²) in [5.41, 5.74) is 0.320. The van der Waals surface area contributed by atoms with Crippen LogP contribution in [0.2, 0.25) is 0 Å². The van der Waals surface area contributed by atoms with Crippen molar-refractivity contribution in [1.29, 1.82) is 5.26 Å². The van der Waals surface area contributed by atoms with Gasteiger partial charge in [-0.2, -0.15) is 5.26 Å². The number of hydrogen-bond donors (Lipinski definition) is 0. The SMILES string of the molecule is CCN(CCOc1ccc(Br)cc1)c1cnc(C#N)cn1. The molecule has 0 atom stereocenters. The van der Waals surface area contributed by atoms with E-state index in [1.54, 1.807) is 6.20 Å². The number of halogens is 1. The minimum atomic E-state index is 0.320. The van der Waals surface area contributed by atoms with Crippen molar-refractivity contribution in [3.05, 3.63) is 46.8 Å². The number of benzene rings is 1. The second-order valence-electron chi connectivity index (χ2n) is 4.25. The highest BCUT2D eigenvalue weighted by molar-refractivity contribution is 9.10. The zero-order valence-corrected chi connectivity index (χ0v) is 13.2. The van der Waals surface area contributed by atoms with Gasteiger partial charge in [0.15, 0.2) is 5.69 Å². The lowest BCUT2D eigenvalue weighted by atomic mass is 10.3. The molecule has 0 bridgehead atoms. The molecule has 1 heterocycles. The first kappa shape index (κ1) is 15.3. The maximum absolute atomic E-state index is 8.72. The van der Waals surface area contributed by atoms with Crippen LogP contribution in [-0.2, 0) is 0 Å². The number of likely N-dealkylation sites (N-methyl/N-ethyl adjacent to an activating group) is 1. The molecule has 0 fully saturated rings. The number of nitriles is 1. The topological polar surface area (TPSA) is 62.0 Å². The first-order valence-electron chi connectivity index (χ1n) is 6.58. The monoisotopic (exact) mass is 346 g/mol. The first-order chi connectivity index (χ1) is 10.2. The van der Waals surface area contributed by atoms with Gasteiger partial charge in [0, 0.05) is 11.0 Å². The van der Waals surface area contributed by atoms with Crippen LogP contribution in [0.1, 0.15) is 12.6 Å². The van der Waals surface area contributed by atoms with Crippen LogP contribution in [0.4, 0.5) is 5.82 Å². The van der Waals surface area contributed by atoms with Crippen molar-refractivity contribution in [2.75, 3.05) is 24.6 Å². The van der Waals surface area contributed by atoms with E-state index < -0.39 is 0 Å². The fourth-order valence-electron chi connectivity index (χ4n) is 1.78. The van der Waals surface area contributed by atoms with Crippen molar-refractivity contribution in [1.82, 2.24) is 9.97 Å². The van der Waals surface area contributed by atoms with E-state index >= 15 is 0 Å². The van der Waals surface area contributed by atoms with Crippen molar-refractivity contribution in [2.24, 2.45) is 0 Å². The van der Waals surface area contributed by atoms with Crippen molar-refractivity contribution >= 4 is 21.7 Å². The van der Waals surface area contributed by atoms with Crippen LogP contribution in [0.25, 0.3) is 0 Å². The number of aromatic nitrogens is 2. The predicted molar refractivity (Wildman–Crippen MR) is 84.3 cm³/mol. The van der Waals surface area contributed by atoms with Crippen LogP contribution in [0.15, 0.2) is 41.1 Å². The molecule has 1 aromatic heterocycles. The normalized spacial score (nSPS) is 9.95. The molecule has 0 N–H and O–H groups in total. The molecule has 0 spiro atoms. The van der Waals surface area contributed by atoms with Gasteiger partial charge in [-0.25, -0.2) is 9.97 Å². The highest BCUT2D eigenvalue weighted by Gasteiger charge is 2.06. The van der Waals surface area contributed by atoms with E-state index in [1.807, 2.05) is 42.2 Å². The highest BCUT2D eigenvalue weighted by atomic mass is 79.9. The van der Waals surface area contributed by atoms with Gasteiger partial charge in [-0.15, -0.1) is 0 Å². The average molecular weight is 347 g/mol. The van der Waals surface area contributed by atoms with Gasteiger partial charge in [0.2, 0.25) is 0 Å². The summed E-state index contributed by atoms with van der Waals surface area (Å²) in [5.74, 6) is 1.58. The average Bonchev–Trinajstić information content (AvgIpc) is 2.53. The molecular weight excluding hydrogens is 332 g/mol. The Kier molecular flexibility index (Phi) is 5.52. The molecule has 1 aromatic carbocycles. The summed E-state index contributed by atoms with van der Waals surface area (Å²) in [6.45, 7) is 4.09. The molecule has 0 aliphatic carbocycles. The number of hydrogen-bond acceptors (Lipinski definition) is 5. The van der Waals surface area contributed by atoms with E-state index in [4.69, 9.17) is 10.00 Å². The Morgan fingerprint density at radius 1 is 1.24 bits per heavy atom. The van der Waals surface area contributed by atoms with E-state index in [2.05, 4.69) is 25.9 Å². The standard InChI is InChI=1S/C15H15BrN4O/c1-2-20(15-11-18-13(9-17)10-19-15)7-8-21-14-5-3-12(16)4-6-14/h3-6,10-11H,2,7-8H2,1H3. The lowest BCUT2D eigenvalue weighted by Gasteiger charge is -2.21. The number of anilines is 1. The Balaban J connectivity index is 1.90. The van der Waals surface area contributed by atoms with Crippen LogP contribution in [-0.4, -0.2) is 29.7 Å². The second kappa shape index (κ2) is 7.60. The van der Waals surface area contributed by atoms with Crippen LogP contribution in [0, 0.1) is 11.3 Å². The van der Waals surface area contributed by atoms with Crippen molar-refractivity contribution in [3.63, 3.8) is 0 Å². The Morgan fingerprint density at radius 3 is 2.57 bits per heavy atom. The summed E-state index contributed by atoms with van der Waals surface area (Å²) in [5, 5.41) is 8.72. The molecule has 0 radical (unpaired) electrons. The zero-order valence-electron chi connectivity index (χ0n) is 11.7. The van der Waals surface area contributed by atoms with E-state index in [-0.39, 0.29) is 0 Å². The first-order valence-corrected chi connectivity index (χ1v) is 7.37. The van der Waals surface area contributed by atoms with Gasteiger partial charge in [-0.1, -0.05) is 15.9 Å². The number of rotatable bonds is 6. The lowest BCUT2D eigenvalue weighted by Crippen LogP contribution is -2.29. The molecule has 6 heteroatoms. The molecule has 5 nitrogen and oxygen atoms in total. The Bertz CT molecular complexity index is 607. The van der Waals surface area contributed by atoms with Gasteiger partial charge in [-0.3, -0.25) is 0 Å². The van der Waals surface area contributed by atoms with E-state index in [0.717, 1.165) is 22.6 Å². The summed E-state index contributed by atoms with van der Waals surface area (Å²) in [7, 11) is 0. The molecule has 0 amide bonds. The number of ether oxygens (including phenoxy) is 1. The van der Waals surface area contributed by atoms with Crippen molar-refractivity contribution in [3.8, 4) is 11.8 Å². The van der Waals surface area contributed by atoms with Gasteiger partial charge < -0.3 is 9.64 Å². The Morgan fingerprint density at radius 2 is 2.00 bits per heavy atom. The van der Waals surface area contributed by atoms with Gasteiger partial charge in [0.05, 0.1) is 18.9 Å². The summed E-state index contributed by atoms with van der Waals surface area (Å²) in [6.07, 6.45) is 3.09. The summed E-state index contributed by atoms with van der Waals surface area (Å²) >= 11 is 3.39. The fraction of sp³-hybridized carbons (Fsp3) is 0.267. The maximum Gasteiger partial charge on any atom is 0.158 e. The Hall–Kier alpha value is -2.13. The van der Waals surface area contributed by atoms with Crippen LogP contribution < -0.4 is 9.64 Å². The highest BCUT2D eigenvalue weighted by Crippen LogP contribution is 2.16. The van der Waals surface area contributed by atoms with Gasteiger partial charge in [0.25, 0.3) is 0 Å². The molecule has 21 heavy (non-hydrogen) atoms. The van der Waals surface area contributed by atoms with E-state index in [9.17, 15) is 0 Å². The number of nitrogens with zero attached hydrogens (tertiary/aromatic N) is 4. The second-order valence-corrected chi connectivity index (χ2v) is 5.17. The zero-order chi connectivity index (χ0) is 15.1. The molecule has 2 aromatic rings. The minimum absolute atomic E-state index is 0.320. The largest absolute Gasteiger partial charge is 0.492 e. The maximum atomic E-state index is 8.72. The Labute approximate surface area is 132 Å². The summed E-state index contributed by atoms with van der Waals surface area (Å²) in [6, 6.07) is 9.68. The van der Waals surface area contributed by atoms with Crippen LogP contribution in [0.3, 0.4) is 0 Å².